The SMILES string of the molecule is O=C(Nc1ccc(C2CC2)cc1)C1CCCN1. The van der Waals surface area contributed by atoms with E-state index >= 15 is 0 Å². The number of hydrogen-bond donors (Lipinski definition) is 2. The molecule has 3 heteroatoms. The van der Waals surface area contributed by atoms with Gasteiger partial charge < -0.3 is 10.6 Å². The largest absolute Gasteiger partial charge is 0.325 e. The lowest BCUT2D eigenvalue weighted by molar-refractivity contribution is -0.117. The van der Waals surface area contributed by atoms with Crippen LogP contribution < -0.4 is 10.6 Å². The molecule has 1 aromatic carbocycles. The Kier molecular flexibility index (Phi) is 2.85. The van der Waals surface area contributed by atoms with Crippen LogP contribution in [0.1, 0.15) is 37.2 Å². The molecule has 1 saturated carbocycles. The second kappa shape index (κ2) is 4.49. The second-order valence-electron chi connectivity index (χ2n) is 5.03. The Morgan fingerprint density at radius 3 is 2.53 bits per heavy atom. The van der Waals surface area contributed by atoms with Crippen molar-refractivity contribution in [3.05, 3.63) is 29.8 Å². The Bertz CT molecular complexity index is 403. The lowest BCUT2D eigenvalue weighted by Gasteiger charge is -2.11. The van der Waals surface area contributed by atoms with E-state index in [0.717, 1.165) is 31.0 Å². The minimum absolute atomic E-state index is 0.00175. The zero-order valence-corrected chi connectivity index (χ0v) is 9.91. The van der Waals surface area contributed by atoms with Crippen LogP contribution in [0.2, 0.25) is 0 Å². The highest BCUT2D eigenvalue weighted by molar-refractivity contribution is 5.95. The van der Waals surface area contributed by atoms with Crippen LogP contribution in [-0.2, 0) is 4.79 Å². The smallest absolute Gasteiger partial charge is 0.241 e. The lowest BCUT2D eigenvalue weighted by Crippen LogP contribution is -2.35. The van der Waals surface area contributed by atoms with Crippen LogP contribution in [-0.4, -0.2) is 18.5 Å². The van der Waals surface area contributed by atoms with Crippen molar-refractivity contribution in [3.8, 4) is 0 Å². The number of carbonyl (C=O) groups excluding carboxylic acids is 1. The molecule has 2 N–H and O–H groups in total. The molecule has 1 aliphatic heterocycles. The molecule has 1 atom stereocenters. The number of anilines is 1. The first-order valence-corrected chi connectivity index (χ1v) is 6.47. The highest BCUT2D eigenvalue weighted by atomic mass is 16.2. The third kappa shape index (κ3) is 2.50. The van der Waals surface area contributed by atoms with Gasteiger partial charge in [-0.1, -0.05) is 12.1 Å². The number of benzene rings is 1. The van der Waals surface area contributed by atoms with Gasteiger partial charge in [0.1, 0.15) is 0 Å². The molecule has 0 spiro atoms. The van der Waals surface area contributed by atoms with E-state index in [-0.39, 0.29) is 11.9 Å². The fourth-order valence-corrected chi connectivity index (χ4v) is 2.39. The van der Waals surface area contributed by atoms with Crippen LogP contribution in [0.5, 0.6) is 0 Å². The van der Waals surface area contributed by atoms with E-state index in [1.807, 2.05) is 12.1 Å². The molecule has 2 fully saturated rings. The molecular weight excluding hydrogens is 212 g/mol. The average Bonchev–Trinajstić information content (AvgIpc) is 3.05. The Morgan fingerprint density at radius 2 is 1.94 bits per heavy atom. The first kappa shape index (κ1) is 10.8. The van der Waals surface area contributed by atoms with E-state index < -0.39 is 0 Å². The Labute approximate surface area is 102 Å². The number of hydrogen-bond acceptors (Lipinski definition) is 2. The van der Waals surface area contributed by atoms with Gasteiger partial charge in [0.2, 0.25) is 5.91 Å². The van der Waals surface area contributed by atoms with Crippen molar-refractivity contribution < 1.29 is 4.79 Å². The summed E-state index contributed by atoms with van der Waals surface area (Å²) in [7, 11) is 0. The van der Waals surface area contributed by atoms with Gasteiger partial charge >= 0.3 is 0 Å². The van der Waals surface area contributed by atoms with Crippen LogP contribution in [0.15, 0.2) is 24.3 Å². The van der Waals surface area contributed by atoms with Gasteiger partial charge in [0, 0.05) is 5.69 Å². The summed E-state index contributed by atoms with van der Waals surface area (Å²) in [6.45, 7) is 0.957. The van der Waals surface area contributed by atoms with Crippen LogP contribution in [0, 0.1) is 0 Å². The fraction of sp³-hybridized carbons (Fsp3) is 0.500. The normalized spacial score (nSPS) is 23.6. The number of amides is 1. The van der Waals surface area contributed by atoms with Crippen molar-refractivity contribution in [2.45, 2.75) is 37.6 Å². The summed E-state index contributed by atoms with van der Waals surface area (Å²) in [6, 6.07) is 8.30. The van der Waals surface area contributed by atoms with E-state index in [1.54, 1.807) is 0 Å². The number of carbonyl (C=O) groups is 1. The molecule has 1 unspecified atom stereocenters. The number of rotatable bonds is 3. The quantitative estimate of drug-likeness (QED) is 0.836. The van der Waals surface area contributed by atoms with Gasteiger partial charge in [0.15, 0.2) is 0 Å². The molecule has 3 rings (SSSR count). The molecule has 0 bridgehead atoms. The maximum atomic E-state index is 11.9. The third-order valence-electron chi connectivity index (χ3n) is 3.60. The van der Waals surface area contributed by atoms with Crippen molar-refractivity contribution in [1.82, 2.24) is 5.32 Å². The Balaban J connectivity index is 1.61. The van der Waals surface area contributed by atoms with Crippen LogP contribution in [0.25, 0.3) is 0 Å². The van der Waals surface area contributed by atoms with Crippen molar-refractivity contribution in [2.24, 2.45) is 0 Å². The van der Waals surface area contributed by atoms with E-state index in [1.165, 1.54) is 18.4 Å². The Morgan fingerprint density at radius 1 is 1.18 bits per heavy atom. The highest BCUT2D eigenvalue weighted by Gasteiger charge is 2.24. The predicted molar refractivity (Wildman–Crippen MR) is 68.1 cm³/mol. The summed E-state index contributed by atoms with van der Waals surface area (Å²) < 4.78 is 0. The summed E-state index contributed by atoms with van der Waals surface area (Å²) in [5, 5.41) is 6.17. The van der Waals surface area contributed by atoms with Crippen molar-refractivity contribution >= 4 is 11.6 Å². The van der Waals surface area contributed by atoms with Gasteiger partial charge in [-0.2, -0.15) is 0 Å². The Hall–Kier alpha value is -1.35. The fourth-order valence-electron chi connectivity index (χ4n) is 2.39. The molecule has 1 aromatic rings. The van der Waals surface area contributed by atoms with Gasteiger partial charge in [0.25, 0.3) is 0 Å². The van der Waals surface area contributed by atoms with Gasteiger partial charge in [-0.05, 0) is 55.8 Å². The highest BCUT2D eigenvalue weighted by Crippen LogP contribution is 2.40. The summed E-state index contributed by atoms with van der Waals surface area (Å²) in [4.78, 5) is 11.9. The summed E-state index contributed by atoms with van der Waals surface area (Å²) in [5.41, 5.74) is 2.31. The number of nitrogens with one attached hydrogen (secondary N) is 2. The molecule has 17 heavy (non-hydrogen) atoms. The molecule has 1 heterocycles. The van der Waals surface area contributed by atoms with Gasteiger partial charge in [-0.25, -0.2) is 0 Å². The predicted octanol–water partition coefficient (Wildman–Crippen LogP) is 2.25. The minimum Gasteiger partial charge on any atom is -0.325 e. The molecular formula is C14H18N2O. The van der Waals surface area contributed by atoms with Crippen LogP contribution in [0.4, 0.5) is 5.69 Å². The molecule has 1 amide bonds. The maximum Gasteiger partial charge on any atom is 0.241 e. The first-order valence-electron chi connectivity index (χ1n) is 6.47. The summed E-state index contributed by atoms with van der Waals surface area (Å²) >= 11 is 0. The monoisotopic (exact) mass is 230 g/mol. The van der Waals surface area contributed by atoms with E-state index in [0.29, 0.717) is 0 Å². The summed E-state index contributed by atoms with van der Waals surface area (Å²) in [5.74, 6) is 0.873. The topological polar surface area (TPSA) is 41.1 Å². The van der Waals surface area contributed by atoms with Crippen molar-refractivity contribution in [3.63, 3.8) is 0 Å². The van der Waals surface area contributed by atoms with Gasteiger partial charge in [-0.15, -0.1) is 0 Å². The van der Waals surface area contributed by atoms with Gasteiger partial charge in [0.05, 0.1) is 6.04 Å². The molecule has 1 aliphatic carbocycles. The molecule has 0 aromatic heterocycles. The molecule has 0 radical (unpaired) electrons. The van der Waals surface area contributed by atoms with Crippen LogP contribution in [0.3, 0.4) is 0 Å². The van der Waals surface area contributed by atoms with Crippen LogP contribution >= 0.6 is 0 Å². The molecule has 3 nitrogen and oxygen atoms in total. The first-order chi connectivity index (χ1) is 8.33. The molecule has 2 aliphatic rings. The average molecular weight is 230 g/mol. The second-order valence-corrected chi connectivity index (χ2v) is 5.03. The lowest BCUT2D eigenvalue weighted by atomic mass is 10.1. The molecule has 1 saturated heterocycles. The van der Waals surface area contributed by atoms with E-state index in [9.17, 15) is 4.79 Å². The van der Waals surface area contributed by atoms with E-state index in [4.69, 9.17) is 0 Å². The zero-order chi connectivity index (χ0) is 11.7. The standard InChI is InChI=1S/C14H18N2O/c17-14(13-2-1-9-15-13)16-12-7-5-11(6-8-12)10-3-4-10/h5-8,10,13,15H,1-4,9H2,(H,16,17). The van der Waals surface area contributed by atoms with Crippen molar-refractivity contribution in [2.75, 3.05) is 11.9 Å². The summed E-state index contributed by atoms with van der Waals surface area (Å²) in [6.07, 6.45) is 4.68. The zero-order valence-electron chi connectivity index (χ0n) is 9.91. The van der Waals surface area contributed by atoms with E-state index in [2.05, 4.69) is 22.8 Å². The van der Waals surface area contributed by atoms with Gasteiger partial charge in [-0.3, -0.25) is 4.79 Å². The minimum atomic E-state index is -0.00175. The van der Waals surface area contributed by atoms with Crippen molar-refractivity contribution in [1.29, 1.82) is 0 Å². The molecule has 90 valence electrons. The third-order valence-corrected chi connectivity index (χ3v) is 3.60. The maximum absolute atomic E-state index is 11.9.